The zero-order valence-electron chi connectivity index (χ0n) is 22.0. The summed E-state index contributed by atoms with van der Waals surface area (Å²) in [5.74, 6) is 0.828. The molecule has 0 atom stereocenters. The van der Waals surface area contributed by atoms with Crippen molar-refractivity contribution in [2.45, 2.75) is 52.0 Å². The number of aryl methyl sites for hydroxylation is 1. The quantitative estimate of drug-likeness (QED) is 0.104. The van der Waals surface area contributed by atoms with E-state index in [0.29, 0.717) is 11.7 Å². The first-order valence-electron chi connectivity index (χ1n) is 13.4. The van der Waals surface area contributed by atoms with Crippen molar-refractivity contribution in [3.8, 4) is 5.75 Å². The SMILES string of the molecule is CCn1c2ccccc2c2cc(NC(=S)NCCCCCCCCOc3cccc(NC(N)=S)c3)ccc21. The molecular weight excluding hydrogens is 510 g/mol. The van der Waals surface area contributed by atoms with Crippen molar-refractivity contribution in [3.63, 3.8) is 0 Å². The fraction of sp³-hybridized carbons (Fsp3) is 0.333. The lowest BCUT2D eigenvalue weighted by molar-refractivity contribution is 0.304. The van der Waals surface area contributed by atoms with Crippen LogP contribution in [0.1, 0.15) is 45.4 Å². The van der Waals surface area contributed by atoms with Crippen molar-refractivity contribution in [2.75, 3.05) is 23.8 Å². The van der Waals surface area contributed by atoms with Crippen molar-refractivity contribution >= 4 is 67.8 Å². The molecule has 200 valence electrons. The molecule has 1 aromatic heterocycles. The molecule has 0 saturated carbocycles. The molecule has 0 spiro atoms. The van der Waals surface area contributed by atoms with Gasteiger partial charge in [0.2, 0.25) is 0 Å². The number of thiocarbonyl (C=S) groups is 2. The average molecular weight is 548 g/mol. The molecule has 4 aromatic rings. The van der Waals surface area contributed by atoms with E-state index in [0.717, 1.165) is 49.5 Å². The first-order valence-corrected chi connectivity index (χ1v) is 14.2. The Kier molecular flexibility index (Phi) is 10.2. The summed E-state index contributed by atoms with van der Waals surface area (Å²) in [7, 11) is 0. The lowest BCUT2D eigenvalue weighted by Crippen LogP contribution is -2.29. The zero-order valence-corrected chi connectivity index (χ0v) is 23.6. The summed E-state index contributed by atoms with van der Waals surface area (Å²) in [5.41, 5.74) is 9.91. The van der Waals surface area contributed by atoms with Crippen LogP contribution in [0, 0.1) is 0 Å². The van der Waals surface area contributed by atoms with E-state index in [4.69, 9.17) is 34.9 Å². The molecule has 3 aromatic carbocycles. The van der Waals surface area contributed by atoms with Crippen LogP contribution in [-0.4, -0.2) is 27.9 Å². The van der Waals surface area contributed by atoms with E-state index in [9.17, 15) is 0 Å². The minimum absolute atomic E-state index is 0.254. The lowest BCUT2D eigenvalue weighted by atomic mass is 10.1. The summed E-state index contributed by atoms with van der Waals surface area (Å²) < 4.78 is 8.20. The van der Waals surface area contributed by atoms with Gasteiger partial charge in [-0.1, -0.05) is 49.9 Å². The second-order valence-electron chi connectivity index (χ2n) is 9.36. The number of nitrogens with one attached hydrogen (secondary N) is 3. The number of nitrogens with two attached hydrogens (primary N) is 1. The molecule has 0 amide bonds. The largest absolute Gasteiger partial charge is 0.494 e. The molecule has 0 radical (unpaired) electrons. The van der Waals surface area contributed by atoms with Gasteiger partial charge in [-0.25, -0.2) is 0 Å². The molecule has 0 aliphatic rings. The molecule has 0 bridgehead atoms. The fourth-order valence-electron chi connectivity index (χ4n) is 4.78. The highest BCUT2D eigenvalue weighted by molar-refractivity contribution is 7.80. The van der Waals surface area contributed by atoms with Crippen LogP contribution in [-0.2, 0) is 6.54 Å². The van der Waals surface area contributed by atoms with E-state index in [2.05, 4.69) is 69.9 Å². The number of hydrogen-bond donors (Lipinski definition) is 4. The summed E-state index contributed by atoms with van der Waals surface area (Å²) in [4.78, 5) is 0. The Labute approximate surface area is 235 Å². The third-order valence-electron chi connectivity index (χ3n) is 6.57. The number of ether oxygens (including phenoxy) is 1. The van der Waals surface area contributed by atoms with Gasteiger partial charge in [0.15, 0.2) is 10.2 Å². The van der Waals surface area contributed by atoms with Crippen LogP contribution >= 0.6 is 24.4 Å². The number of anilines is 2. The predicted octanol–water partition coefficient (Wildman–Crippen LogP) is 7.18. The topological polar surface area (TPSA) is 76.3 Å². The monoisotopic (exact) mass is 547 g/mol. The second-order valence-corrected chi connectivity index (χ2v) is 10.2. The number of para-hydroxylation sites is 1. The Hall–Kier alpha value is -3.36. The molecule has 5 N–H and O–H groups in total. The number of nitrogens with zero attached hydrogens (tertiary/aromatic N) is 1. The molecule has 6 nitrogen and oxygen atoms in total. The molecule has 1 heterocycles. The second kappa shape index (κ2) is 14.0. The summed E-state index contributed by atoms with van der Waals surface area (Å²) in [6, 6.07) is 22.7. The maximum Gasteiger partial charge on any atom is 0.170 e. The maximum absolute atomic E-state index is 5.84. The Bertz CT molecular complexity index is 1380. The van der Waals surface area contributed by atoms with Gasteiger partial charge in [-0.15, -0.1) is 0 Å². The van der Waals surface area contributed by atoms with Crippen molar-refractivity contribution in [2.24, 2.45) is 5.73 Å². The number of aromatic nitrogens is 1. The van der Waals surface area contributed by atoms with Gasteiger partial charge in [0.1, 0.15) is 5.75 Å². The molecule has 0 unspecified atom stereocenters. The fourth-order valence-corrected chi connectivity index (χ4v) is 5.12. The number of unbranched alkanes of at least 4 members (excludes halogenated alkanes) is 5. The number of rotatable bonds is 13. The molecule has 0 saturated heterocycles. The van der Waals surface area contributed by atoms with Gasteiger partial charge in [0.25, 0.3) is 0 Å². The summed E-state index contributed by atoms with van der Waals surface area (Å²) >= 11 is 10.4. The van der Waals surface area contributed by atoms with E-state index in [1.807, 2.05) is 24.3 Å². The lowest BCUT2D eigenvalue weighted by Gasteiger charge is -2.11. The first-order chi connectivity index (χ1) is 18.5. The van der Waals surface area contributed by atoms with E-state index in [1.54, 1.807) is 0 Å². The number of fused-ring (bicyclic) bond motifs is 3. The standard InChI is InChI=1S/C30H37N5OS2/c1-2-35-27-15-8-7-14-25(27)26-21-23(16-17-28(26)35)34-30(38)32-18-9-5-3-4-6-10-19-36-24-13-11-12-22(20-24)33-29(31)37/h7-8,11-17,20-21H,2-6,9-10,18-19H2,1H3,(H3,31,33,37)(H2,32,34,38). The van der Waals surface area contributed by atoms with Crippen molar-refractivity contribution in [3.05, 3.63) is 66.7 Å². The van der Waals surface area contributed by atoms with Crippen LogP contribution in [0.25, 0.3) is 21.8 Å². The molecule has 38 heavy (non-hydrogen) atoms. The predicted molar refractivity (Wildman–Crippen MR) is 169 cm³/mol. The van der Waals surface area contributed by atoms with Gasteiger partial charge in [0, 0.05) is 52.3 Å². The van der Waals surface area contributed by atoms with E-state index in [-0.39, 0.29) is 5.11 Å². The molecule has 0 aliphatic heterocycles. The van der Waals surface area contributed by atoms with E-state index >= 15 is 0 Å². The van der Waals surface area contributed by atoms with Gasteiger partial charge in [0.05, 0.1) is 6.61 Å². The molecule has 8 heteroatoms. The number of hydrogen-bond acceptors (Lipinski definition) is 3. The highest BCUT2D eigenvalue weighted by atomic mass is 32.1. The van der Waals surface area contributed by atoms with Crippen LogP contribution in [0.5, 0.6) is 5.75 Å². The Balaban J connectivity index is 1.09. The van der Waals surface area contributed by atoms with Crippen LogP contribution in [0.2, 0.25) is 0 Å². The minimum Gasteiger partial charge on any atom is -0.494 e. The van der Waals surface area contributed by atoms with Crippen molar-refractivity contribution in [1.82, 2.24) is 9.88 Å². The molecule has 0 fully saturated rings. The van der Waals surface area contributed by atoms with Gasteiger partial charge >= 0.3 is 0 Å². The van der Waals surface area contributed by atoms with Crippen LogP contribution in [0.3, 0.4) is 0 Å². The Morgan fingerprint density at radius 1 is 0.789 bits per heavy atom. The van der Waals surface area contributed by atoms with Crippen molar-refractivity contribution < 1.29 is 4.74 Å². The van der Waals surface area contributed by atoms with Crippen LogP contribution in [0.15, 0.2) is 66.7 Å². The summed E-state index contributed by atoms with van der Waals surface area (Å²) in [6.07, 6.45) is 6.92. The van der Waals surface area contributed by atoms with Crippen molar-refractivity contribution in [1.29, 1.82) is 0 Å². The first kappa shape index (κ1) is 27.7. The van der Waals surface area contributed by atoms with Gasteiger partial charge in [-0.2, -0.15) is 0 Å². The zero-order chi connectivity index (χ0) is 26.7. The highest BCUT2D eigenvalue weighted by Gasteiger charge is 2.10. The van der Waals surface area contributed by atoms with Crippen LogP contribution < -0.4 is 26.4 Å². The third kappa shape index (κ3) is 7.58. The van der Waals surface area contributed by atoms with E-state index in [1.165, 1.54) is 41.1 Å². The third-order valence-corrected chi connectivity index (χ3v) is 6.92. The average Bonchev–Trinajstić information content (AvgIpc) is 3.22. The Morgan fingerprint density at radius 2 is 1.53 bits per heavy atom. The summed E-state index contributed by atoms with van der Waals surface area (Å²) in [6.45, 7) is 4.72. The van der Waals surface area contributed by atoms with Crippen LogP contribution in [0.4, 0.5) is 11.4 Å². The smallest absolute Gasteiger partial charge is 0.170 e. The molecule has 4 rings (SSSR count). The Morgan fingerprint density at radius 3 is 2.34 bits per heavy atom. The normalized spacial score (nSPS) is 11.0. The number of benzene rings is 3. The summed E-state index contributed by atoms with van der Waals surface area (Å²) in [5, 5.41) is 13.1. The molecule has 0 aliphatic carbocycles. The van der Waals surface area contributed by atoms with E-state index < -0.39 is 0 Å². The van der Waals surface area contributed by atoms with Gasteiger partial charge in [-0.05, 0) is 80.6 Å². The maximum atomic E-state index is 5.84. The van der Waals surface area contributed by atoms with Gasteiger partial charge in [-0.3, -0.25) is 0 Å². The molecular formula is C30H37N5OS2. The highest BCUT2D eigenvalue weighted by Crippen LogP contribution is 2.31. The van der Waals surface area contributed by atoms with Gasteiger partial charge < -0.3 is 31.0 Å². The minimum atomic E-state index is 0.254.